The molecule has 9 heteroatoms. The van der Waals surface area contributed by atoms with Crippen molar-refractivity contribution in [3.05, 3.63) is 97.2 Å². The highest BCUT2D eigenvalue weighted by molar-refractivity contribution is 6.39. The zero-order chi connectivity index (χ0) is 27.0. The molecule has 3 N–H and O–H groups in total. The molecule has 0 spiro atoms. The normalized spacial score (nSPS) is 12.6. The van der Waals surface area contributed by atoms with E-state index >= 15 is 0 Å². The maximum absolute atomic E-state index is 11.5. The largest absolute Gasteiger partial charge is 0.489 e. The van der Waals surface area contributed by atoms with E-state index in [9.17, 15) is 9.90 Å². The van der Waals surface area contributed by atoms with Gasteiger partial charge in [0.1, 0.15) is 23.8 Å². The predicted octanol–water partition coefficient (Wildman–Crippen LogP) is 7.75. The van der Waals surface area contributed by atoms with Crippen molar-refractivity contribution in [1.82, 2.24) is 5.16 Å². The summed E-state index contributed by atoms with van der Waals surface area (Å²) in [6.07, 6.45) is 2.05. The highest BCUT2D eigenvalue weighted by Gasteiger charge is 2.33. The van der Waals surface area contributed by atoms with Crippen LogP contribution in [0.3, 0.4) is 0 Å². The molecule has 5 rings (SSSR count). The summed E-state index contributed by atoms with van der Waals surface area (Å²) in [4.78, 5) is 11.5. The third-order valence-electron chi connectivity index (χ3n) is 6.31. The number of carboxylic acid groups (broad SMARTS) is 1. The van der Waals surface area contributed by atoms with Crippen molar-refractivity contribution < 1.29 is 19.2 Å². The van der Waals surface area contributed by atoms with Crippen LogP contribution in [0.25, 0.3) is 11.3 Å². The van der Waals surface area contributed by atoms with Crippen LogP contribution in [0.2, 0.25) is 15.1 Å². The Kier molecular flexibility index (Phi) is 7.27. The third kappa shape index (κ3) is 5.32. The number of aromatic carboxylic acids is 1. The molecule has 3 aromatic carbocycles. The van der Waals surface area contributed by atoms with Crippen LogP contribution >= 0.6 is 34.8 Å². The van der Waals surface area contributed by atoms with E-state index in [1.54, 1.807) is 49.4 Å². The molecule has 0 atom stereocenters. The molecule has 0 amide bonds. The molecule has 0 radical (unpaired) electrons. The number of aromatic nitrogens is 1. The molecule has 1 aliphatic rings. The van der Waals surface area contributed by atoms with Gasteiger partial charge in [-0.15, -0.1) is 0 Å². The monoisotopic (exact) mass is 566 g/mol. The molecular formula is C29H21Cl3N2O4. The van der Waals surface area contributed by atoms with Crippen LogP contribution in [0.15, 0.2) is 53.1 Å². The molecule has 1 aliphatic carbocycles. The van der Waals surface area contributed by atoms with Gasteiger partial charge in [0.05, 0.1) is 26.2 Å². The zero-order valence-corrected chi connectivity index (χ0v) is 22.4. The van der Waals surface area contributed by atoms with E-state index in [1.165, 1.54) is 6.07 Å². The van der Waals surface area contributed by atoms with Crippen molar-refractivity contribution in [1.29, 1.82) is 0 Å². The maximum Gasteiger partial charge on any atom is 0.336 e. The zero-order valence-electron chi connectivity index (χ0n) is 20.1. The number of hydrogen-bond acceptors (Lipinski definition) is 5. The van der Waals surface area contributed by atoms with Gasteiger partial charge >= 0.3 is 5.97 Å². The second-order valence-electron chi connectivity index (χ2n) is 8.97. The van der Waals surface area contributed by atoms with Gasteiger partial charge in [0.2, 0.25) is 0 Å². The fourth-order valence-corrected chi connectivity index (χ4v) is 4.86. The van der Waals surface area contributed by atoms with Gasteiger partial charge in [-0.3, -0.25) is 0 Å². The molecule has 0 saturated heterocycles. The number of ether oxygens (including phenoxy) is 1. The minimum atomic E-state index is -1.06. The maximum atomic E-state index is 11.5. The quantitative estimate of drug-likeness (QED) is 0.183. The lowest BCUT2D eigenvalue weighted by Gasteiger charge is -2.10. The molecule has 1 aromatic heterocycles. The summed E-state index contributed by atoms with van der Waals surface area (Å²) in [6.45, 7) is 1.85. The number of hydrogen-bond donors (Lipinski definition) is 2. The number of nitrogens with two attached hydrogens (primary N) is 1. The third-order valence-corrected chi connectivity index (χ3v) is 7.25. The van der Waals surface area contributed by atoms with Gasteiger partial charge in [0.15, 0.2) is 0 Å². The van der Waals surface area contributed by atoms with E-state index in [2.05, 4.69) is 17.0 Å². The lowest BCUT2D eigenvalue weighted by molar-refractivity contribution is 0.0696. The molecule has 0 bridgehead atoms. The van der Waals surface area contributed by atoms with Gasteiger partial charge in [0, 0.05) is 34.4 Å². The van der Waals surface area contributed by atoms with Crippen LogP contribution in [-0.2, 0) is 6.61 Å². The van der Waals surface area contributed by atoms with E-state index < -0.39 is 5.97 Å². The topological polar surface area (TPSA) is 98.6 Å². The van der Waals surface area contributed by atoms with Crippen molar-refractivity contribution in [2.75, 3.05) is 5.73 Å². The van der Waals surface area contributed by atoms with Gasteiger partial charge < -0.3 is 20.1 Å². The van der Waals surface area contributed by atoms with Crippen molar-refractivity contribution in [2.45, 2.75) is 32.3 Å². The lowest BCUT2D eigenvalue weighted by atomic mass is 10.0. The van der Waals surface area contributed by atoms with E-state index in [-0.39, 0.29) is 12.2 Å². The Morgan fingerprint density at radius 1 is 1.11 bits per heavy atom. The van der Waals surface area contributed by atoms with Crippen molar-refractivity contribution in [3.8, 4) is 28.8 Å². The van der Waals surface area contributed by atoms with E-state index in [0.29, 0.717) is 60.4 Å². The summed E-state index contributed by atoms with van der Waals surface area (Å²) in [5.41, 5.74) is 9.93. The number of halogens is 3. The Morgan fingerprint density at radius 2 is 1.84 bits per heavy atom. The minimum Gasteiger partial charge on any atom is -0.489 e. The van der Waals surface area contributed by atoms with Gasteiger partial charge in [-0.1, -0.05) is 57.9 Å². The molecule has 4 aromatic rings. The number of carboxylic acids is 1. The van der Waals surface area contributed by atoms with Crippen LogP contribution in [0, 0.1) is 18.8 Å². The molecule has 38 heavy (non-hydrogen) atoms. The molecule has 192 valence electrons. The summed E-state index contributed by atoms with van der Waals surface area (Å²) in [7, 11) is 0. The summed E-state index contributed by atoms with van der Waals surface area (Å²) in [6, 6.07) is 13.6. The summed E-state index contributed by atoms with van der Waals surface area (Å²) >= 11 is 19.4. The number of rotatable bonds is 6. The molecule has 0 unspecified atom stereocenters. The van der Waals surface area contributed by atoms with Crippen molar-refractivity contribution >= 4 is 46.5 Å². The summed E-state index contributed by atoms with van der Waals surface area (Å²) in [5, 5.41) is 15.0. The first kappa shape index (κ1) is 26.0. The Bertz CT molecular complexity index is 1610. The number of nitrogens with zero attached hydrogens (tertiary/aromatic N) is 1. The van der Waals surface area contributed by atoms with E-state index in [1.807, 2.05) is 0 Å². The molecule has 1 fully saturated rings. The molecule has 1 saturated carbocycles. The Labute approximate surface area is 234 Å². The predicted molar refractivity (Wildman–Crippen MR) is 148 cm³/mol. The van der Waals surface area contributed by atoms with Crippen molar-refractivity contribution in [3.63, 3.8) is 0 Å². The van der Waals surface area contributed by atoms with Gasteiger partial charge in [0.25, 0.3) is 0 Å². The fourth-order valence-electron chi connectivity index (χ4n) is 4.06. The number of carbonyl (C=O) groups is 1. The van der Waals surface area contributed by atoms with Crippen LogP contribution in [-0.4, -0.2) is 16.2 Å². The Balaban J connectivity index is 1.38. The molecule has 1 heterocycles. The van der Waals surface area contributed by atoms with Gasteiger partial charge in [-0.25, -0.2) is 4.79 Å². The van der Waals surface area contributed by atoms with E-state index in [4.69, 9.17) is 49.8 Å². The van der Waals surface area contributed by atoms with Gasteiger partial charge in [-0.2, -0.15) is 0 Å². The second kappa shape index (κ2) is 10.6. The minimum absolute atomic E-state index is 0.112. The highest BCUT2D eigenvalue weighted by atomic mass is 35.5. The van der Waals surface area contributed by atoms with Crippen LogP contribution in [0.4, 0.5) is 5.69 Å². The smallest absolute Gasteiger partial charge is 0.336 e. The first-order valence-electron chi connectivity index (χ1n) is 11.7. The molecule has 0 aliphatic heterocycles. The average Bonchev–Trinajstić information content (AvgIpc) is 3.64. The summed E-state index contributed by atoms with van der Waals surface area (Å²) in [5.74, 6) is 6.47. The Morgan fingerprint density at radius 3 is 2.50 bits per heavy atom. The highest BCUT2D eigenvalue weighted by Crippen LogP contribution is 2.46. The average molecular weight is 568 g/mol. The van der Waals surface area contributed by atoms with Crippen LogP contribution in [0.1, 0.15) is 57.1 Å². The lowest BCUT2D eigenvalue weighted by Crippen LogP contribution is -2.03. The van der Waals surface area contributed by atoms with E-state index in [0.717, 1.165) is 24.2 Å². The molecular weight excluding hydrogens is 547 g/mol. The fraction of sp³-hybridized carbons (Fsp3) is 0.172. The van der Waals surface area contributed by atoms with Crippen LogP contribution < -0.4 is 10.5 Å². The SMILES string of the molecule is Cc1c(N)cc(C#Cc2ccc(OCc3c(-c4c(Cl)cccc4Cl)noc3C3CC3)cc2Cl)cc1C(=O)O. The summed E-state index contributed by atoms with van der Waals surface area (Å²) < 4.78 is 11.8. The number of benzene rings is 3. The Hall–Kier alpha value is -3.63. The molecule has 6 nitrogen and oxygen atoms in total. The first-order valence-corrected chi connectivity index (χ1v) is 12.9. The number of anilines is 1. The standard InChI is InChI=1S/C29H21Cl3N2O4/c1-15-20(29(35)36)11-16(12-25(15)33)5-6-17-9-10-19(13-24(17)32)37-14-21-27(34-38-28(21)18-7-8-18)26-22(30)3-2-4-23(26)31/h2-4,9-13,18H,7-8,14,33H2,1H3,(H,35,36). The van der Waals surface area contributed by atoms with Crippen LogP contribution in [0.5, 0.6) is 5.75 Å². The first-order chi connectivity index (χ1) is 18.2. The second-order valence-corrected chi connectivity index (χ2v) is 10.2. The number of nitrogen functional groups attached to an aromatic ring is 1. The van der Waals surface area contributed by atoms with Gasteiger partial charge in [-0.05, 0) is 61.7 Å². The van der Waals surface area contributed by atoms with Crippen molar-refractivity contribution in [2.24, 2.45) is 0 Å².